The largest absolute Gasteiger partial charge is 0.573 e. The van der Waals surface area contributed by atoms with Crippen LogP contribution in [0.5, 0.6) is 11.5 Å². The predicted octanol–water partition coefficient (Wildman–Crippen LogP) is 3.94. The van der Waals surface area contributed by atoms with E-state index in [-0.39, 0.29) is 24.3 Å². The van der Waals surface area contributed by atoms with Crippen LogP contribution in [0.3, 0.4) is 0 Å². The first-order valence-corrected chi connectivity index (χ1v) is 10.4. The number of carboxylic acid groups (broad SMARTS) is 1. The van der Waals surface area contributed by atoms with Gasteiger partial charge in [-0.1, -0.05) is 6.07 Å². The number of nitrogens with zero attached hydrogens (tertiary/aromatic N) is 3. The van der Waals surface area contributed by atoms with Crippen LogP contribution in [0.25, 0.3) is 0 Å². The highest BCUT2D eigenvalue weighted by Gasteiger charge is 2.44. The first-order valence-electron chi connectivity index (χ1n) is 10.4. The van der Waals surface area contributed by atoms with Crippen molar-refractivity contribution in [1.29, 1.82) is 0 Å². The van der Waals surface area contributed by atoms with Crippen molar-refractivity contribution in [2.45, 2.75) is 24.5 Å². The van der Waals surface area contributed by atoms with Crippen LogP contribution in [0, 0.1) is 5.82 Å². The number of fused-ring (bicyclic) bond motifs is 1. The summed E-state index contributed by atoms with van der Waals surface area (Å²) in [6, 6.07) is 6.31. The van der Waals surface area contributed by atoms with Crippen LogP contribution >= 0.6 is 0 Å². The Hall–Kier alpha value is -4.37. The summed E-state index contributed by atoms with van der Waals surface area (Å²) in [6.07, 6.45) is -5.67. The molecule has 0 saturated heterocycles. The molecule has 1 amide bonds. The van der Waals surface area contributed by atoms with Crippen LogP contribution in [0.1, 0.15) is 28.2 Å². The number of hydrogen-bond acceptors (Lipinski definition) is 6. The molecule has 0 unspecified atom stereocenters. The number of halogens is 7. The van der Waals surface area contributed by atoms with Crippen LogP contribution in [0.15, 0.2) is 49.1 Å². The fraction of sp³-hybridized carbons (Fsp3) is 0.273. The quantitative estimate of drug-likeness (QED) is 0.473. The molecule has 0 saturated carbocycles. The Bertz CT molecular complexity index is 1330. The van der Waals surface area contributed by atoms with Gasteiger partial charge in [-0.3, -0.25) is 9.78 Å². The van der Waals surface area contributed by atoms with Crippen LogP contribution in [-0.4, -0.2) is 50.7 Å². The van der Waals surface area contributed by atoms with E-state index in [1.807, 2.05) is 0 Å². The summed E-state index contributed by atoms with van der Waals surface area (Å²) in [6.45, 7) is 0.160. The van der Waals surface area contributed by atoms with Gasteiger partial charge in [-0.2, -0.15) is 13.2 Å². The number of aromatic nitrogens is 3. The van der Waals surface area contributed by atoms with E-state index in [4.69, 9.17) is 14.6 Å². The van der Waals surface area contributed by atoms with E-state index in [0.29, 0.717) is 11.4 Å². The van der Waals surface area contributed by atoms with Gasteiger partial charge in [0.2, 0.25) is 0 Å². The number of carbonyl (C=O) groups excluding carboxylic acids is 1. The third-order valence-corrected chi connectivity index (χ3v) is 5.18. The minimum Gasteiger partial charge on any atom is -0.491 e. The SMILES string of the molecule is Cn1cncc1C(=O)N[C@]1(c2ccc(OC(F)(F)F)c(F)c2)CCOc2cccnc21.O=C(O)C(F)(F)F. The molecule has 2 aromatic heterocycles. The Kier molecular flexibility index (Phi) is 7.83. The fourth-order valence-corrected chi connectivity index (χ4v) is 3.54. The van der Waals surface area contributed by atoms with Crippen molar-refractivity contribution in [2.75, 3.05) is 6.61 Å². The number of benzene rings is 1. The van der Waals surface area contributed by atoms with Gasteiger partial charge < -0.3 is 24.5 Å². The molecule has 0 spiro atoms. The number of amides is 1. The molecule has 0 aliphatic carbocycles. The minimum absolute atomic E-state index is 0.160. The van der Waals surface area contributed by atoms with Crippen molar-refractivity contribution < 1.29 is 54.9 Å². The summed E-state index contributed by atoms with van der Waals surface area (Å²) in [4.78, 5) is 30.1. The van der Waals surface area contributed by atoms with E-state index >= 15 is 0 Å². The molecule has 3 heterocycles. The first-order chi connectivity index (χ1) is 17.6. The zero-order valence-electron chi connectivity index (χ0n) is 19.1. The summed E-state index contributed by atoms with van der Waals surface area (Å²) in [5.41, 5.74) is -0.617. The number of rotatable bonds is 4. The van der Waals surface area contributed by atoms with Crippen molar-refractivity contribution in [3.63, 3.8) is 0 Å². The Morgan fingerprint density at radius 2 is 1.87 bits per heavy atom. The second-order valence-corrected chi connectivity index (χ2v) is 7.69. The monoisotopic (exact) mass is 550 g/mol. The summed E-state index contributed by atoms with van der Waals surface area (Å²) in [5, 5.41) is 10.00. The zero-order valence-corrected chi connectivity index (χ0v) is 19.1. The van der Waals surface area contributed by atoms with E-state index in [9.17, 15) is 35.5 Å². The Labute approximate surface area is 208 Å². The third kappa shape index (κ3) is 6.30. The topological polar surface area (TPSA) is 116 Å². The molecule has 9 nitrogen and oxygen atoms in total. The molecular weight excluding hydrogens is 533 g/mol. The molecule has 1 aliphatic heterocycles. The number of imidazole rings is 1. The Morgan fingerprint density at radius 1 is 1.18 bits per heavy atom. The average Bonchev–Trinajstić information content (AvgIpc) is 3.25. The van der Waals surface area contributed by atoms with Crippen LogP contribution in [0.4, 0.5) is 30.7 Å². The summed E-state index contributed by atoms with van der Waals surface area (Å²) in [7, 11) is 1.63. The molecule has 0 radical (unpaired) electrons. The molecule has 1 aromatic carbocycles. The minimum atomic E-state index is -5.08. The Morgan fingerprint density at radius 3 is 2.42 bits per heavy atom. The molecule has 1 aliphatic rings. The highest BCUT2D eigenvalue weighted by atomic mass is 19.4. The maximum atomic E-state index is 14.6. The molecule has 16 heteroatoms. The molecular formula is C22H17F7N4O5. The van der Waals surface area contributed by atoms with Gasteiger partial charge in [0.15, 0.2) is 11.6 Å². The zero-order chi connectivity index (χ0) is 28.3. The molecule has 0 bridgehead atoms. The van der Waals surface area contributed by atoms with E-state index in [2.05, 4.69) is 20.0 Å². The number of carboxylic acids is 1. The highest BCUT2D eigenvalue weighted by Crippen LogP contribution is 2.42. The number of aryl methyl sites for hydroxylation is 1. The lowest BCUT2D eigenvalue weighted by Gasteiger charge is -2.39. The average molecular weight is 550 g/mol. The highest BCUT2D eigenvalue weighted by molar-refractivity contribution is 5.93. The smallest absolute Gasteiger partial charge is 0.491 e. The van der Waals surface area contributed by atoms with Crippen molar-refractivity contribution in [2.24, 2.45) is 7.05 Å². The summed E-state index contributed by atoms with van der Waals surface area (Å²) >= 11 is 0. The van der Waals surface area contributed by atoms with Gasteiger partial charge >= 0.3 is 18.5 Å². The maximum absolute atomic E-state index is 14.6. The molecule has 204 valence electrons. The number of ether oxygens (including phenoxy) is 2. The second kappa shape index (κ2) is 10.5. The van der Waals surface area contributed by atoms with Gasteiger partial charge in [-0.05, 0) is 29.8 Å². The van der Waals surface area contributed by atoms with Crippen molar-refractivity contribution in [1.82, 2.24) is 19.9 Å². The molecule has 0 fully saturated rings. The number of nitrogens with one attached hydrogen (secondary N) is 1. The first kappa shape index (κ1) is 28.2. The number of carbonyl (C=O) groups is 2. The third-order valence-electron chi connectivity index (χ3n) is 5.18. The van der Waals surface area contributed by atoms with Crippen LogP contribution in [-0.2, 0) is 17.4 Å². The van der Waals surface area contributed by atoms with Gasteiger partial charge in [0.1, 0.15) is 22.7 Å². The van der Waals surface area contributed by atoms with E-state index < -0.39 is 41.5 Å². The summed E-state index contributed by atoms with van der Waals surface area (Å²) < 4.78 is 94.7. The number of aliphatic carboxylic acids is 1. The lowest BCUT2D eigenvalue weighted by atomic mass is 9.81. The lowest BCUT2D eigenvalue weighted by Crippen LogP contribution is -2.50. The van der Waals surface area contributed by atoms with Crippen LogP contribution < -0.4 is 14.8 Å². The van der Waals surface area contributed by atoms with Crippen molar-refractivity contribution in [3.8, 4) is 11.5 Å². The number of hydrogen-bond donors (Lipinski definition) is 2. The predicted molar refractivity (Wildman–Crippen MR) is 113 cm³/mol. The van der Waals surface area contributed by atoms with Crippen molar-refractivity contribution >= 4 is 11.9 Å². The lowest BCUT2D eigenvalue weighted by molar-refractivity contribution is -0.275. The molecule has 2 N–H and O–H groups in total. The van der Waals surface area contributed by atoms with E-state index in [1.165, 1.54) is 29.4 Å². The van der Waals surface area contributed by atoms with Gasteiger partial charge in [0.05, 0.1) is 19.1 Å². The fourth-order valence-electron chi connectivity index (χ4n) is 3.54. The molecule has 3 aromatic rings. The number of alkyl halides is 6. The Balaban J connectivity index is 0.000000505. The van der Waals surface area contributed by atoms with Gasteiger partial charge in [-0.15, -0.1) is 13.2 Å². The second-order valence-electron chi connectivity index (χ2n) is 7.69. The van der Waals surface area contributed by atoms with E-state index in [1.54, 1.807) is 19.2 Å². The molecule has 38 heavy (non-hydrogen) atoms. The van der Waals surface area contributed by atoms with Gasteiger partial charge in [-0.25, -0.2) is 14.2 Å². The normalized spacial score (nSPS) is 16.8. The standard InChI is InChI=1S/C20H16F4N4O3.C2HF3O2/c1-28-11-25-10-14(28)18(29)27-19(6-8-30-16-3-2-7-26-17(16)19)12-4-5-15(13(21)9-12)31-20(22,23)24;3-2(4,5)1(6)7/h2-5,7,9-11H,6,8H2,1H3,(H,27,29);(H,6,7)/t19-;/m0./s1. The van der Waals surface area contributed by atoms with Gasteiger partial charge in [0, 0.05) is 19.7 Å². The van der Waals surface area contributed by atoms with Crippen molar-refractivity contribution in [3.05, 3.63) is 71.8 Å². The van der Waals surface area contributed by atoms with Crippen LogP contribution in [0.2, 0.25) is 0 Å². The summed E-state index contributed by atoms with van der Waals surface area (Å²) in [5.74, 6) is -5.11. The number of pyridine rings is 1. The van der Waals surface area contributed by atoms with E-state index in [0.717, 1.165) is 12.1 Å². The molecule has 1 atom stereocenters. The van der Waals surface area contributed by atoms with Gasteiger partial charge in [0.25, 0.3) is 5.91 Å². The molecule has 4 rings (SSSR count). The maximum Gasteiger partial charge on any atom is 0.573 e.